The second kappa shape index (κ2) is 9.65. The Morgan fingerprint density at radius 2 is 1.84 bits per heavy atom. The van der Waals surface area contributed by atoms with Crippen molar-refractivity contribution in [3.8, 4) is 0 Å². The van der Waals surface area contributed by atoms with Gasteiger partial charge in [-0.15, -0.1) is 0 Å². The highest BCUT2D eigenvalue weighted by atomic mass is 16.6. The first kappa shape index (κ1) is 24.7. The average Bonchev–Trinajstić information content (AvgIpc) is 3.01. The Morgan fingerprint density at radius 1 is 1.03 bits per heavy atom. The summed E-state index contributed by atoms with van der Waals surface area (Å²) in [5.41, 5.74) is 2.82. The Kier molecular flexibility index (Phi) is 7.44. The van der Waals surface area contributed by atoms with E-state index >= 15 is 0 Å². The van der Waals surface area contributed by atoms with Gasteiger partial charge in [0.2, 0.25) is 0 Å². The zero-order valence-electron chi connectivity index (χ0n) is 21.0. The third kappa shape index (κ3) is 4.33. The highest BCUT2D eigenvalue weighted by molar-refractivity contribution is 5.19. The molecular weight excluding hydrogens is 400 g/mol. The third-order valence-corrected chi connectivity index (χ3v) is 10.4. The van der Waals surface area contributed by atoms with Crippen LogP contribution in [0.1, 0.15) is 78.1 Å². The highest BCUT2D eigenvalue weighted by Gasteiger charge is 2.66. The number of hydroxylamine groups is 1. The van der Waals surface area contributed by atoms with Gasteiger partial charge in [-0.25, -0.2) is 0 Å². The van der Waals surface area contributed by atoms with Gasteiger partial charge >= 0.3 is 0 Å². The summed E-state index contributed by atoms with van der Waals surface area (Å²) in [6, 6.07) is 0. The molecule has 4 aliphatic carbocycles. The highest BCUT2D eigenvalue weighted by Crippen LogP contribution is 2.69. The molecule has 0 bridgehead atoms. The molecule has 0 aromatic rings. The zero-order chi connectivity index (χ0) is 23.0. The fraction of sp³-hybridized carbons (Fsp3) is 0.926. The maximum atomic E-state index is 12.2. The number of fused-ring (bicyclic) bond motifs is 5. The molecule has 5 heteroatoms. The van der Waals surface area contributed by atoms with Crippen LogP contribution in [0.15, 0.2) is 12.2 Å². The van der Waals surface area contributed by atoms with E-state index in [9.17, 15) is 10.2 Å². The van der Waals surface area contributed by atoms with Crippen molar-refractivity contribution in [2.75, 3.05) is 33.8 Å². The fourth-order valence-electron chi connectivity index (χ4n) is 8.42. The third-order valence-electron chi connectivity index (χ3n) is 10.4. The van der Waals surface area contributed by atoms with E-state index in [-0.39, 0.29) is 11.5 Å². The summed E-state index contributed by atoms with van der Waals surface area (Å²) in [5, 5.41) is 22.5. The Morgan fingerprint density at radius 3 is 2.62 bits per heavy atom. The lowest BCUT2D eigenvalue weighted by Crippen LogP contribution is -2.62. The smallest absolute Gasteiger partial charge is 0.0737 e. The number of hydrogen-bond acceptors (Lipinski definition) is 5. The predicted molar refractivity (Wildman–Crippen MR) is 129 cm³/mol. The maximum absolute atomic E-state index is 12.2. The summed E-state index contributed by atoms with van der Waals surface area (Å²) in [4.78, 5) is 7.72. The van der Waals surface area contributed by atoms with Crippen molar-refractivity contribution in [2.45, 2.75) is 89.8 Å². The molecule has 3 N–H and O–H groups in total. The lowest BCUT2D eigenvalue weighted by atomic mass is 9.43. The van der Waals surface area contributed by atoms with Gasteiger partial charge in [0.1, 0.15) is 0 Å². The minimum atomic E-state index is -0.537. The molecule has 0 aromatic carbocycles. The number of nitrogens with one attached hydrogen (secondary N) is 1. The Bertz CT molecular complexity index is 669. The number of aliphatic hydroxyl groups excluding tert-OH is 1. The van der Waals surface area contributed by atoms with Crippen molar-refractivity contribution < 1.29 is 15.1 Å². The average molecular weight is 449 g/mol. The van der Waals surface area contributed by atoms with Crippen LogP contribution in [0.4, 0.5) is 0 Å². The Labute approximate surface area is 195 Å². The molecule has 5 nitrogen and oxygen atoms in total. The van der Waals surface area contributed by atoms with E-state index < -0.39 is 5.60 Å². The summed E-state index contributed by atoms with van der Waals surface area (Å²) in [6.07, 6.45) is 15.3. The van der Waals surface area contributed by atoms with Gasteiger partial charge in [-0.05, 0) is 114 Å². The van der Waals surface area contributed by atoms with E-state index in [4.69, 9.17) is 4.84 Å². The lowest BCUT2D eigenvalue weighted by molar-refractivity contribution is -0.207. The molecule has 4 fully saturated rings. The van der Waals surface area contributed by atoms with Crippen molar-refractivity contribution >= 4 is 0 Å². The molecule has 0 spiro atoms. The molecular formula is C27H48N2O3. The van der Waals surface area contributed by atoms with Gasteiger partial charge in [-0.2, -0.15) is 5.48 Å². The van der Waals surface area contributed by atoms with Crippen molar-refractivity contribution in [1.29, 1.82) is 0 Å². The van der Waals surface area contributed by atoms with Gasteiger partial charge < -0.3 is 20.0 Å². The quantitative estimate of drug-likeness (QED) is 0.296. The number of hydrogen-bond donors (Lipinski definition) is 3. The zero-order valence-corrected chi connectivity index (χ0v) is 21.0. The van der Waals surface area contributed by atoms with Gasteiger partial charge in [-0.3, -0.25) is 0 Å². The first-order chi connectivity index (χ1) is 15.2. The standard InChI is InChI=1S/C27H48N2O3/c1-25-13-11-22(30)19-21(25)8-9-24-23(25)12-14-26(2)20(10-15-27(24,26)31)7-5-16-28-32-18-6-17-29(3)4/h5,7,20-24,28,30-31H,6,8-19H2,1-4H3/b7-5+/t20?,21?,22?,23-,24-,25+,26-,27-/m1/s1. The molecule has 184 valence electrons. The first-order valence-corrected chi connectivity index (χ1v) is 13.3. The molecule has 0 amide bonds. The van der Waals surface area contributed by atoms with E-state index in [0.29, 0.717) is 29.1 Å². The summed E-state index contributed by atoms with van der Waals surface area (Å²) in [6.45, 7) is 7.35. The van der Waals surface area contributed by atoms with E-state index in [1.54, 1.807) is 0 Å². The van der Waals surface area contributed by atoms with Gasteiger partial charge in [-0.1, -0.05) is 26.0 Å². The molecule has 0 aliphatic heterocycles. The number of allylic oxidation sites excluding steroid dienone is 1. The molecule has 4 aliphatic rings. The summed E-state index contributed by atoms with van der Waals surface area (Å²) >= 11 is 0. The molecule has 3 unspecified atom stereocenters. The largest absolute Gasteiger partial charge is 0.393 e. The van der Waals surface area contributed by atoms with Crippen LogP contribution in [0, 0.1) is 34.5 Å². The minimum absolute atomic E-state index is 0.0192. The second-order valence-corrected chi connectivity index (χ2v) is 12.2. The molecule has 0 radical (unpaired) electrons. The van der Waals surface area contributed by atoms with Gasteiger partial charge in [0, 0.05) is 12.0 Å². The van der Waals surface area contributed by atoms with Crippen LogP contribution < -0.4 is 5.48 Å². The topological polar surface area (TPSA) is 65.0 Å². The summed E-state index contributed by atoms with van der Waals surface area (Å²) in [7, 11) is 4.16. The van der Waals surface area contributed by atoms with Gasteiger partial charge in [0.05, 0.1) is 18.3 Å². The first-order valence-electron chi connectivity index (χ1n) is 13.3. The number of aliphatic hydroxyl groups is 2. The summed E-state index contributed by atoms with van der Waals surface area (Å²) < 4.78 is 0. The van der Waals surface area contributed by atoms with Crippen LogP contribution >= 0.6 is 0 Å². The molecule has 32 heavy (non-hydrogen) atoms. The molecule has 8 atom stereocenters. The maximum Gasteiger partial charge on any atom is 0.0737 e. The molecule has 4 saturated carbocycles. The van der Waals surface area contributed by atoms with E-state index in [0.717, 1.165) is 71.1 Å². The van der Waals surface area contributed by atoms with Crippen molar-refractivity contribution in [1.82, 2.24) is 10.4 Å². The molecule has 0 saturated heterocycles. The van der Waals surface area contributed by atoms with Crippen LogP contribution in [0.3, 0.4) is 0 Å². The summed E-state index contributed by atoms with van der Waals surface area (Å²) in [5.74, 6) is 2.13. The van der Waals surface area contributed by atoms with Crippen LogP contribution in [0.2, 0.25) is 0 Å². The Hall–Kier alpha value is -0.460. The number of rotatable bonds is 8. The van der Waals surface area contributed by atoms with Crippen molar-refractivity contribution in [3.05, 3.63) is 12.2 Å². The van der Waals surface area contributed by atoms with Crippen LogP contribution in [-0.4, -0.2) is 60.6 Å². The van der Waals surface area contributed by atoms with Crippen LogP contribution in [0.5, 0.6) is 0 Å². The van der Waals surface area contributed by atoms with E-state index in [2.05, 4.69) is 50.5 Å². The predicted octanol–water partition coefficient (Wildman–Crippen LogP) is 4.15. The fourth-order valence-corrected chi connectivity index (χ4v) is 8.42. The normalized spacial score (nSPS) is 46.3. The lowest BCUT2D eigenvalue weighted by Gasteiger charge is -2.63. The molecule has 0 heterocycles. The van der Waals surface area contributed by atoms with Crippen LogP contribution in [-0.2, 0) is 4.84 Å². The second-order valence-electron chi connectivity index (χ2n) is 12.2. The van der Waals surface area contributed by atoms with E-state index in [1.165, 1.54) is 12.8 Å². The van der Waals surface area contributed by atoms with Gasteiger partial charge in [0.25, 0.3) is 0 Å². The molecule has 4 rings (SSSR count). The van der Waals surface area contributed by atoms with Crippen LogP contribution in [0.25, 0.3) is 0 Å². The van der Waals surface area contributed by atoms with Gasteiger partial charge in [0.15, 0.2) is 0 Å². The monoisotopic (exact) mass is 448 g/mol. The SMILES string of the molecule is CN(C)CCCONC/C=C/C1CC[C@@]2(O)[C@@H]3CCC4CC(O)CC[C@]4(C)[C@@H]3CC[C@]12C. The minimum Gasteiger partial charge on any atom is -0.393 e. The van der Waals surface area contributed by atoms with E-state index in [1.807, 2.05) is 0 Å². The van der Waals surface area contributed by atoms with Crippen molar-refractivity contribution in [3.63, 3.8) is 0 Å². The number of nitrogens with zero attached hydrogens (tertiary/aromatic N) is 1. The Balaban J connectivity index is 1.35. The molecule has 0 aromatic heterocycles. The van der Waals surface area contributed by atoms with Crippen molar-refractivity contribution in [2.24, 2.45) is 34.5 Å².